The molecule has 0 radical (unpaired) electrons. The normalized spacial score (nSPS) is 11.5. The Labute approximate surface area is 125 Å². The number of hydrogen-bond acceptors (Lipinski definition) is 3. The lowest BCUT2D eigenvalue weighted by Crippen LogP contribution is -2.04. The van der Waals surface area contributed by atoms with Crippen molar-refractivity contribution in [1.29, 1.82) is 0 Å². The molecule has 108 valence electrons. The van der Waals surface area contributed by atoms with Crippen LogP contribution in [-0.4, -0.2) is 19.3 Å². The van der Waals surface area contributed by atoms with Gasteiger partial charge in [-0.3, -0.25) is 0 Å². The molecule has 0 aliphatic carbocycles. The standard InChI is InChI=1S/C18H18O3/c1-5-15(13-8-6-12(2)7-9-13)18-16(20-3)10-14(19)11-17(18)21-4/h1,6-11,15,19H,2-4H3. The summed E-state index contributed by atoms with van der Waals surface area (Å²) in [6, 6.07) is 11.1. The summed E-state index contributed by atoms with van der Waals surface area (Å²) in [4.78, 5) is 0. The van der Waals surface area contributed by atoms with Gasteiger partial charge in [-0.05, 0) is 12.5 Å². The van der Waals surface area contributed by atoms with Crippen molar-refractivity contribution in [2.24, 2.45) is 0 Å². The molecule has 3 nitrogen and oxygen atoms in total. The van der Waals surface area contributed by atoms with Gasteiger partial charge in [0.05, 0.1) is 25.7 Å². The molecule has 0 saturated carbocycles. The monoisotopic (exact) mass is 282 g/mol. The Bertz CT molecular complexity index is 641. The van der Waals surface area contributed by atoms with E-state index in [0.29, 0.717) is 11.5 Å². The number of methoxy groups -OCH3 is 2. The fourth-order valence-electron chi connectivity index (χ4n) is 2.31. The summed E-state index contributed by atoms with van der Waals surface area (Å²) >= 11 is 0. The molecule has 0 amide bonds. The van der Waals surface area contributed by atoms with E-state index in [2.05, 4.69) is 5.92 Å². The van der Waals surface area contributed by atoms with Crippen LogP contribution in [0.15, 0.2) is 36.4 Å². The lowest BCUT2D eigenvalue weighted by molar-refractivity contribution is 0.376. The number of aryl methyl sites for hydroxylation is 1. The van der Waals surface area contributed by atoms with Crippen molar-refractivity contribution in [2.75, 3.05) is 14.2 Å². The maximum absolute atomic E-state index is 9.73. The summed E-state index contributed by atoms with van der Waals surface area (Å²) in [5.74, 6) is 3.57. The third-order valence-corrected chi connectivity index (χ3v) is 3.39. The predicted molar refractivity (Wildman–Crippen MR) is 83.1 cm³/mol. The van der Waals surface area contributed by atoms with Gasteiger partial charge in [0.15, 0.2) is 0 Å². The number of ether oxygens (including phenoxy) is 2. The summed E-state index contributed by atoms with van der Waals surface area (Å²) in [6.45, 7) is 2.02. The van der Waals surface area contributed by atoms with Gasteiger partial charge in [0.1, 0.15) is 17.2 Å². The molecule has 2 aromatic carbocycles. The summed E-state index contributed by atoms with van der Waals surface area (Å²) in [7, 11) is 3.08. The van der Waals surface area contributed by atoms with E-state index >= 15 is 0 Å². The summed E-state index contributed by atoms with van der Waals surface area (Å²) < 4.78 is 10.7. The number of hydrogen-bond donors (Lipinski definition) is 1. The van der Waals surface area contributed by atoms with Gasteiger partial charge >= 0.3 is 0 Å². The highest BCUT2D eigenvalue weighted by atomic mass is 16.5. The van der Waals surface area contributed by atoms with Crippen LogP contribution in [0.3, 0.4) is 0 Å². The maximum atomic E-state index is 9.73. The van der Waals surface area contributed by atoms with Gasteiger partial charge in [-0.25, -0.2) is 0 Å². The molecule has 1 atom stereocenters. The second kappa shape index (κ2) is 6.23. The van der Waals surface area contributed by atoms with Crippen LogP contribution >= 0.6 is 0 Å². The van der Waals surface area contributed by atoms with Crippen molar-refractivity contribution in [3.63, 3.8) is 0 Å². The molecule has 21 heavy (non-hydrogen) atoms. The van der Waals surface area contributed by atoms with E-state index in [1.807, 2.05) is 31.2 Å². The first-order valence-corrected chi connectivity index (χ1v) is 6.58. The van der Waals surface area contributed by atoms with Crippen LogP contribution in [0.2, 0.25) is 0 Å². The summed E-state index contributed by atoms with van der Waals surface area (Å²) in [6.07, 6.45) is 5.74. The van der Waals surface area contributed by atoms with Crippen molar-refractivity contribution in [3.8, 4) is 29.6 Å². The smallest absolute Gasteiger partial charge is 0.131 e. The lowest BCUT2D eigenvalue weighted by Gasteiger charge is -2.19. The average molecular weight is 282 g/mol. The van der Waals surface area contributed by atoms with Crippen LogP contribution in [0.25, 0.3) is 0 Å². The summed E-state index contributed by atoms with van der Waals surface area (Å²) in [5.41, 5.74) is 2.88. The number of rotatable bonds is 4. The second-order valence-corrected chi connectivity index (χ2v) is 4.77. The molecule has 0 spiro atoms. The first kappa shape index (κ1) is 14.8. The zero-order valence-electron chi connectivity index (χ0n) is 12.4. The van der Waals surface area contributed by atoms with Gasteiger partial charge in [-0.2, -0.15) is 0 Å². The molecule has 0 bridgehead atoms. The van der Waals surface area contributed by atoms with E-state index in [0.717, 1.165) is 11.1 Å². The van der Waals surface area contributed by atoms with Crippen LogP contribution < -0.4 is 9.47 Å². The second-order valence-electron chi connectivity index (χ2n) is 4.77. The third kappa shape index (κ3) is 2.95. The minimum atomic E-state index is -0.309. The summed E-state index contributed by atoms with van der Waals surface area (Å²) in [5, 5.41) is 9.73. The number of terminal acetylenes is 1. The third-order valence-electron chi connectivity index (χ3n) is 3.39. The Morgan fingerprint density at radius 3 is 2.00 bits per heavy atom. The zero-order valence-corrected chi connectivity index (χ0v) is 12.4. The lowest BCUT2D eigenvalue weighted by atomic mass is 9.90. The van der Waals surface area contributed by atoms with Crippen molar-refractivity contribution < 1.29 is 14.6 Å². The van der Waals surface area contributed by atoms with Crippen LogP contribution in [0.1, 0.15) is 22.6 Å². The molecule has 0 fully saturated rings. The number of aromatic hydroxyl groups is 1. The van der Waals surface area contributed by atoms with Crippen molar-refractivity contribution >= 4 is 0 Å². The Hall–Kier alpha value is -2.60. The van der Waals surface area contributed by atoms with E-state index in [4.69, 9.17) is 15.9 Å². The Kier molecular flexibility index (Phi) is 4.39. The predicted octanol–water partition coefficient (Wildman–Crippen LogP) is 3.48. The molecule has 2 aromatic rings. The maximum Gasteiger partial charge on any atom is 0.131 e. The SMILES string of the molecule is C#CC(c1ccc(C)cc1)c1c(OC)cc(O)cc1OC. The molecule has 0 aliphatic rings. The van der Waals surface area contributed by atoms with E-state index in [1.54, 1.807) is 14.2 Å². The zero-order chi connectivity index (χ0) is 15.4. The van der Waals surface area contributed by atoms with E-state index in [-0.39, 0.29) is 11.7 Å². The highest BCUT2D eigenvalue weighted by molar-refractivity contribution is 5.57. The molecule has 0 heterocycles. The molecule has 0 saturated heterocycles. The molecule has 2 rings (SSSR count). The fraction of sp³-hybridized carbons (Fsp3) is 0.222. The van der Waals surface area contributed by atoms with Gasteiger partial charge < -0.3 is 14.6 Å². The van der Waals surface area contributed by atoms with Gasteiger partial charge in [0.25, 0.3) is 0 Å². The molecule has 0 aliphatic heterocycles. The largest absolute Gasteiger partial charge is 0.508 e. The number of benzene rings is 2. The minimum Gasteiger partial charge on any atom is -0.508 e. The fourth-order valence-corrected chi connectivity index (χ4v) is 2.31. The number of phenolic OH excluding ortho intramolecular Hbond substituents is 1. The average Bonchev–Trinajstić information content (AvgIpc) is 2.50. The first-order chi connectivity index (χ1) is 10.1. The van der Waals surface area contributed by atoms with Crippen LogP contribution in [0.5, 0.6) is 17.2 Å². The Morgan fingerprint density at radius 1 is 1.05 bits per heavy atom. The van der Waals surface area contributed by atoms with Crippen LogP contribution in [0, 0.1) is 19.3 Å². The quantitative estimate of drug-likeness (QED) is 0.873. The van der Waals surface area contributed by atoms with Crippen LogP contribution in [-0.2, 0) is 0 Å². The van der Waals surface area contributed by atoms with Crippen molar-refractivity contribution in [2.45, 2.75) is 12.8 Å². The van der Waals surface area contributed by atoms with Gasteiger partial charge in [0, 0.05) is 12.1 Å². The van der Waals surface area contributed by atoms with Gasteiger partial charge in [-0.1, -0.05) is 35.7 Å². The molecule has 3 heteroatoms. The van der Waals surface area contributed by atoms with Gasteiger partial charge in [-0.15, -0.1) is 6.42 Å². The van der Waals surface area contributed by atoms with Crippen LogP contribution in [0.4, 0.5) is 0 Å². The Morgan fingerprint density at radius 2 is 1.57 bits per heavy atom. The highest BCUT2D eigenvalue weighted by Crippen LogP contribution is 2.41. The van der Waals surface area contributed by atoms with Crippen molar-refractivity contribution in [3.05, 3.63) is 53.1 Å². The van der Waals surface area contributed by atoms with E-state index in [9.17, 15) is 5.11 Å². The van der Waals surface area contributed by atoms with E-state index in [1.165, 1.54) is 17.7 Å². The molecular weight excluding hydrogens is 264 g/mol. The molecule has 0 aromatic heterocycles. The van der Waals surface area contributed by atoms with E-state index < -0.39 is 0 Å². The minimum absolute atomic E-state index is 0.0760. The van der Waals surface area contributed by atoms with Gasteiger partial charge in [0.2, 0.25) is 0 Å². The highest BCUT2D eigenvalue weighted by Gasteiger charge is 2.22. The number of phenols is 1. The topological polar surface area (TPSA) is 38.7 Å². The first-order valence-electron chi connectivity index (χ1n) is 6.58. The Balaban J connectivity index is 2.62. The molecule has 1 unspecified atom stereocenters. The molecule has 1 N–H and O–H groups in total. The molecular formula is C18H18O3. The van der Waals surface area contributed by atoms with Crippen molar-refractivity contribution in [1.82, 2.24) is 0 Å².